The highest BCUT2D eigenvalue weighted by Crippen LogP contribution is 2.28. The van der Waals surface area contributed by atoms with Gasteiger partial charge in [0.15, 0.2) is 5.76 Å². The van der Waals surface area contributed by atoms with Crippen LogP contribution in [0.5, 0.6) is 5.75 Å². The molecule has 0 saturated carbocycles. The number of hydrogen-bond donors (Lipinski definition) is 1. The molecule has 0 aliphatic rings. The molecule has 1 unspecified atom stereocenters. The molecule has 1 N–H and O–H groups in total. The number of aromatic nitrogens is 2. The Labute approximate surface area is 174 Å². The van der Waals surface area contributed by atoms with Crippen molar-refractivity contribution in [3.05, 3.63) is 83.6 Å². The molecule has 0 bridgehead atoms. The first-order chi connectivity index (χ1) is 14.6. The number of fused-ring (bicyclic) bond motifs is 1. The van der Waals surface area contributed by atoms with Gasteiger partial charge in [0.2, 0.25) is 0 Å². The summed E-state index contributed by atoms with van der Waals surface area (Å²) in [7, 11) is 5.10. The molecule has 4 rings (SSSR count). The van der Waals surface area contributed by atoms with Gasteiger partial charge in [-0.15, -0.1) is 0 Å². The number of amides is 1. The van der Waals surface area contributed by atoms with Gasteiger partial charge >= 0.3 is 0 Å². The second-order valence-electron chi connectivity index (χ2n) is 6.91. The third-order valence-electron chi connectivity index (χ3n) is 5.03. The third kappa shape index (κ3) is 3.67. The molecule has 2 aromatic carbocycles. The zero-order chi connectivity index (χ0) is 21.1. The van der Waals surface area contributed by atoms with E-state index in [1.807, 2.05) is 66.3 Å². The Bertz CT molecular complexity index is 1160. The summed E-state index contributed by atoms with van der Waals surface area (Å²) in [5.41, 5.74) is 2.24. The minimum absolute atomic E-state index is 0.241. The van der Waals surface area contributed by atoms with Crippen molar-refractivity contribution in [2.75, 3.05) is 14.2 Å². The van der Waals surface area contributed by atoms with Crippen molar-refractivity contribution >= 4 is 16.9 Å². The molecular weight excluding hydrogens is 382 g/mol. The number of rotatable bonds is 7. The Morgan fingerprint density at radius 1 is 1.17 bits per heavy atom. The monoisotopic (exact) mass is 405 g/mol. The summed E-state index contributed by atoms with van der Waals surface area (Å²) in [6.45, 7) is 0.273. The summed E-state index contributed by atoms with van der Waals surface area (Å²) in [5.74, 6) is 1.36. The highest BCUT2D eigenvalue weighted by atomic mass is 16.5. The Kier molecular flexibility index (Phi) is 5.54. The van der Waals surface area contributed by atoms with Gasteiger partial charge < -0.3 is 23.8 Å². The Hall–Kier alpha value is -3.58. The lowest BCUT2D eigenvalue weighted by Gasteiger charge is -2.19. The first-order valence-electron chi connectivity index (χ1n) is 9.53. The number of benzene rings is 2. The molecule has 4 aromatic rings. The van der Waals surface area contributed by atoms with E-state index in [0.29, 0.717) is 11.4 Å². The van der Waals surface area contributed by atoms with E-state index in [1.165, 1.54) is 0 Å². The van der Waals surface area contributed by atoms with Crippen molar-refractivity contribution in [3.63, 3.8) is 0 Å². The summed E-state index contributed by atoms with van der Waals surface area (Å²) in [5, 5.41) is 3.94. The molecule has 2 heterocycles. The number of imidazole rings is 1. The van der Waals surface area contributed by atoms with Crippen molar-refractivity contribution in [2.45, 2.75) is 12.6 Å². The molecule has 2 aromatic heterocycles. The number of carbonyl (C=O) groups excluding carboxylic acids is 1. The van der Waals surface area contributed by atoms with Gasteiger partial charge in [-0.2, -0.15) is 0 Å². The maximum atomic E-state index is 13.3. The summed E-state index contributed by atoms with van der Waals surface area (Å²) >= 11 is 0. The largest absolute Gasteiger partial charge is 0.497 e. The van der Waals surface area contributed by atoms with Gasteiger partial charge in [-0.25, -0.2) is 4.98 Å². The molecule has 1 amide bonds. The molecule has 30 heavy (non-hydrogen) atoms. The topological polar surface area (TPSA) is 78.5 Å². The standard InChI is InChI=1S/C23H23N3O4/c1-26-13-12-24-22(26)20(15-8-10-16(29-3)11-9-15)25-23(27)21-18(14-28-2)17-6-4-5-7-19(17)30-21/h4-13,20H,14H2,1-3H3,(H,25,27). The van der Waals surface area contributed by atoms with Crippen LogP contribution in [-0.2, 0) is 18.4 Å². The zero-order valence-corrected chi connectivity index (χ0v) is 17.1. The summed E-state index contributed by atoms with van der Waals surface area (Å²) < 4.78 is 18.3. The fourth-order valence-corrected chi connectivity index (χ4v) is 3.52. The van der Waals surface area contributed by atoms with Crippen molar-refractivity contribution in [1.82, 2.24) is 14.9 Å². The highest BCUT2D eigenvalue weighted by Gasteiger charge is 2.26. The molecule has 1 atom stereocenters. The van der Waals surface area contributed by atoms with Crippen LogP contribution in [0.15, 0.2) is 65.3 Å². The number of nitrogens with zero attached hydrogens (tertiary/aromatic N) is 2. The smallest absolute Gasteiger partial charge is 0.288 e. The van der Waals surface area contributed by atoms with E-state index in [0.717, 1.165) is 22.3 Å². The molecule has 0 fully saturated rings. The van der Waals surface area contributed by atoms with Crippen molar-refractivity contribution < 1.29 is 18.7 Å². The normalized spacial score (nSPS) is 12.1. The molecule has 0 saturated heterocycles. The number of carbonyl (C=O) groups is 1. The molecular formula is C23H23N3O4. The van der Waals surface area contributed by atoms with Crippen LogP contribution in [-0.4, -0.2) is 29.7 Å². The van der Waals surface area contributed by atoms with Crippen LogP contribution in [0, 0.1) is 0 Å². The van der Waals surface area contributed by atoms with Gasteiger partial charge in [-0.05, 0) is 23.8 Å². The average Bonchev–Trinajstić information content (AvgIpc) is 3.36. The lowest BCUT2D eigenvalue weighted by molar-refractivity contribution is 0.0908. The van der Waals surface area contributed by atoms with E-state index in [2.05, 4.69) is 10.3 Å². The summed E-state index contributed by atoms with van der Waals surface area (Å²) in [4.78, 5) is 17.7. The maximum Gasteiger partial charge on any atom is 0.288 e. The van der Waals surface area contributed by atoms with Gasteiger partial charge in [-0.3, -0.25) is 4.79 Å². The third-order valence-corrected chi connectivity index (χ3v) is 5.03. The number of hydrogen-bond acceptors (Lipinski definition) is 5. The number of ether oxygens (including phenoxy) is 2. The second-order valence-corrected chi connectivity index (χ2v) is 6.91. The van der Waals surface area contributed by atoms with Crippen LogP contribution < -0.4 is 10.1 Å². The summed E-state index contributed by atoms with van der Waals surface area (Å²) in [6.07, 6.45) is 3.55. The molecule has 0 aliphatic carbocycles. The average molecular weight is 405 g/mol. The van der Waals surface area contributed by atoms with Gasteiger partial charge in [0, 0.05) is 37.5 Å². The van der Waals surface area contributed by atoms with Crippen molar-refractivity contribution in [1.29, 1.82) is 0 Å². The quantitative estimate of drug-likeness (QED) is 0.505. The Balaban J connectivity index is 1.73. The van der Waals surface area contributed by atoms with Gasteiger partial charge in [-0.1, -0.05) is 30.3 Å². The van der Waals surface area contributed by atoms with Crippen LogP contribution in [0.1, 0.15) is 33.5 Å². The van der Waals surface area contributed by atoms with Crippen LogP contribution in [0.3, 0.4) is 0 Å². The van der Waals surface area contributed by atoms with Crippen molar-refractivity contribution in [3.8, 4) is 5.75 Å². The second kappa shape index (κ2) is 8.42. The lowest BCUT2D eigenvalue weighted by Crippen LogP contribution is -2.31. The van der Waals surface area contributed by atoms with E-state index in [1.54, 1.807) is 20.4 Å². The van der Waals surface area contributed by atoms with Crippen molar-refractivity contribution in [2.24, 2.45) is 7.05 Å². The molecule has 0 aliphatic heterocycles. The number of aryl methyl sites for hydroxylation is 1. The molecule has 7 nitrogen and oxygen atoms in total. The predicted molar refractivity (Wildman–Crippen MR) is 112 cm³/mol. The Morgan fingerprint density at radius 3 is 2.60 bits per heavy atom. The summed E-state index contributed by atoms with van der Waals surface area (Å²) in [6, 6.07) is 14.6. The fourth-order valence-electron chi connectivity index (χ4n) is 3.52. The van der Waals surface area contributed by atoms with Gasteiger partial charge in [0.25, 0.3) is 5.91 Å². The molecule has 0 radical (unpaired) electrons. The number of methoxy groups -OCH3 is 2. The first-order valence-corrected chi connectivity index (χ1v) is 9.53. The zero-order valence-electron chi connectivity index (χ0n) is 17.1. The van der Waals surface area contributed by atoms with E-state index < -0.39 is 6.04 Å². The SMILES string of the molecule is COCc1c(C(=O)NC(c2ccc(OC)cc2)c2nccn2C)oc2ccccc12. The first kappa shape index (κ1) is 19.7. The highest BCUT2D eigenvalue weighted by molar-refractivity contribution is 5.99. The minimum Gasteiger partial charge on any atom is -0.497 e. The number of para-hydroxylation sites is 1. The fraction of sp³-hybridized carbons (Fsp3) is 0.217. The maximum absolute atomic E-state index is 13.3. The molecule has 154 valence electrons. The van der Waals surface area contributed by atoms with E-state index in [4.69, 9.17) is 13.9 Å². The van der Waals surface area contributed by atoms with Crippen LogP contribution in [0.25, 0.3) is 11.0 Å². The Morgan fingerprint density at radius 2 is 1.93 bits per heavy atom. The molecule has 0 spiro atoms. The van der Waals surface area contributed by atoms with Crippen LogP contribution >= 0.6 is 0 Å². The lowest BCUT2D eigenvalue weighted by atomic mass is 10.0. The van der Waals surface area contributed by atoms with E-state index in [-0.39, 0.29) is 18.3 Å². The molecule has 7 heteroatoms. The minimum atomic E-state index is -0.466. The number of nitrogens with one attached hydrogen (secondary N) is 1. The van der Waals surface area contributed by atoms with E-state index in [9.17, 15) is 4.79 Å². The number of furan rings is 1. The predicted octanol–water partition coefficient (Wildman–Crippen LogP) is 3.84. The van der Waals surface area contributed by atoms with Crippen LogP contribution in [0.4, 0.5) is 0 Å². The van der Waals surface area contributed by atoms with E-state index >= 15 is 0 Å². The van der Waals surface area contributed by atoms with Crippen LogP contribution in [0.2, 0.25) is 0 Å². The van der Waals surface area contributed by atoms with Gasteiger partial charge in [0.05, 0.1) is 13.7 Å². The van der Waals surface area contributed by atoms with Gasteiger partial charge in [0.1, 0.15) is 23.2 Å².